The first-order valence-corrected chi connectivity index (χ1v) is 5.91. The van der Waals surface area contributed by atoms with Gasteiger partial charge in [-0.3, -0.25) is 4.79 Å². The quantitative estimate of drug-likeness (QED) is 0.424. The van der Waals surface area contributed by atoms with Gasteiger partial charge in [0, 0.05) is 19.0 Å². The Morgan fingerprint density at radius 1 is 1.53 bits per heavy atom. The summed E-state index contributed by atoms with van der Waals surface area (Å²) in [4.78, 5) is 10.6. The summed E-state index contributed by atoms with van der Waals surface area (Å²) in [6.45, 7) is 1.75. The number of hydrogen-bond acceptors (Lipinski definition) is 6. The molecule has 0 bridgehead atoms. The minimum absolute atomic E-state index is 0.0703. The van der Waals surface area contributed by atoms with E-state index in [1.54, 1.807) is 6.92 Å². The summed E-state index contributed by atoms with van der Waals surface area (Å²) in [5.41, 5.74) is 4.97. The molecule has 0 radical (unpaired) electrons. The summed E-state index contributed by atoms with van der Waals surface area (Å²) in [5, 5.41) is 11.7. The minimum atomic E-state index is -4.42. The lowest BCUT2D eigenvalue weighted by molar-refractivity contribution is -0.121. The van der Waals surface area contributed by atoms with E-state index in [9.17, 15) is 17.8 Å². The Kier molecular flexibility index (Phi) is 5.73. The number of nitrogens with two attached hydrogens (primary N) is 1. The van der Waals surface area contributed by atoms with E-state index in [0.29, 0.717) is 0 Å². The number of amides is 1. The summed E-state index contributed by atoms with van der Waals surface area (Å²) in [7, 11) is -4.42. The van der Waals surface area contributed by atoms with Crippen LogP contribution in [-0.2, 0) is 14.9 Å². The van der Waals surface area contributed by atoms with E-state index in [-0.39, 0.29) is 13.1 Å². The lowest BCUT2D eigenvalue weighted by Gasteiger charge is -2.15. The second-order valence-corrected chi connectivity index (χ2v) is 4.79. The van der Waals surface area contributed by atoms with Crippen LogP contribution in [0.2, 0.25) is 0 Å². The number of rotatable bonds is 7. The van der Waals surface area contributed by atoms with E-state index in [1.165, 1.54) is 0 Å². The molecule has 0 heterocycles. The molecule has 0 aliphatic rings. The van der Waals surface area contributed by atoms with Gasteiger partial charge in [-0.05, 0) is 0 Å². The highest BCUT2D eigenvalue weighted by molar-refractivity contribution is 7.85. The molecule has 2 unspecified atom stereocenters. The van der Waals surface area contributed by atoms with Crippen LogP contribution in [0.4, 0.5) is 0 Å². The first-order valence-electron chi connectivity index (χ1n) is 4.34. The molecule has 0 aliphatic carbocycles. The minimum Gasteiger partial charge on any atom is -0.748 e. The van der Waals surface area contributed by atoms with Crippen molar-refractivity contribution in [2.24, 2.45) is 11.7 Å². The van der Waals surface area contributed by atoms with Gasteiger partial charge in [-0.1, -0.05) is 6.92 Å². The second-order valence-electron chi connectivity index (χ2n) is 3.34. The maximum absolute atomic E-state index is 10.6. The van der Waals surface area contributed by atoms with Crippen LogP contribution in [0, 0.1) is 5.92 Å². The Labute approximate surface area is 88.4 Å². The fraction of sp³-hybridized carbons (Fsp3) is 0.857. The Morgan fingerprint density at radius 3 is 2.47 bits per heavy atom. The third kappa shape index (κ3) is 8.30. The number of carbonyl (C=O) groups is 1. The Hall–Kier alpha value is -0.700. The average Bonchev–Trinajstić information content (AvgIpc) is 2.00. The van der Waals surface area contributed by atoms with E-state index >= 15 is 0 Å². The highest BCUT2D eigenvalue weighted by Gasteiger charge is 2.11. The van der Waals surface area contributed by atoms with E-state index < -0.39 is 33.8 Å². The van der Waals surface area contributed by atoms with E-state index in [2.05, 4.69) is 5.32 Å². The maximum atomic E-state index is 10.6. The number of primary amides is 1. The van der Waals surface area contributed by atoms with Crippen molar-refractivity contribution < 1.29 is 22.9 Å². The molecule has 0 rings (SSSR count). The maximum Gasteiger partial charge on any atom is 0.221 e. The molecule has 0 spiro atoms. The highest BCUT2D eigenvalue weighted by Crippen LogP contribution is 1.92. The molecular weight excluding hydrogens is 224 g/mol. The number of hydrogen-bond donors (Lipinski definition) is 3. The molecule has 15 heavy (non-hydrogen) atoms. The van der Waals surface area contributed by atoms with Gasteiger partial charge in [-0.15, -0.1) is 0 Å². The molecule has 4 N–H and O–H groups in total. The predicted octanol–water partition coefficient (Wildman–Crippen LogP) is -2.40. The molecule has 0 saturated carbocycles. The van der Waals surface area contributed by atoms with Crippen LogP contribution in [0.25, 0.3) is 0 Å². The van der Waals surface area contributed by atoms with Crippen molar-refractivity contribution in [2.75, 3.05) is 18.8 Å². The molecule has 0 aromatic rings. The average molecular weight is 239 g/mol. The molecule has 8 heteroatoms. The number of carbonyl (C=O) groups excluding carboxylic acids is 1. The number of aliphatic hydroxyl groups excluding tert-OH is 1. The zero-order chi connectivity index (χ0) is 12.1. The van der Waals surface area contributed by atoms with Crippen molar-refractivity contribution in [1.29, 1.82) is 0 Å². The Bertz CT molecular complexity index is 303. The third-order valence-corrected chi connectivity index (χ3v) is 2.51. The van der Waals surface area contributed by atoms with Crippen LogP contribution in [0.15, 0.2) is 0 Å². The first kappa shape index (κ1) is 14.3. The SMILES string of the molecule is CC(CNCC(O)CS(=O)(=O)[O-])C(N)=O. The number of aliphatic hydroxyl groups is 1. The summed E-state index contributed by atoms with van der Waals surface area (Å²) < 4.78 is 30.7. The summed E-state index contributed by atoms with van der Waals surface area (Å²) in [6, 6.07) is 0. The molecule has 1 amide bonds. The Balaban J connectivity index is 3.73. The molecule has 0 saturated heterocycles. The van der Waals surface area contributed by atoms with Crippen molar-refractivity contribution >= 4 is 16.0 Å². The van der Waals surface area contributed by atoms with E-state index in [4.69, 9.17) is 10.8 Å². The smallest absolute Gasteiger partial charge is 0.221 e. The molecule has 0 aromatic heterocycles. The van der Waals surface area contributed by atoms with Crippen molar-refractivity contribution in [2.45, 2.75) is 13.0 Å². The highest BCUT2D eigenvalue weighted by atomic mass is 32.2. The van der Waals surface area contributed by atoms with Crippen molar-refractivity contribution in [3.05, 3.63) is 0 Å². The van der Waals surface area contributed by atoms with Gasteiger partial charge in [-0.2, -0.15) is 0 Å². The Morgan fingerprint density at radius 2 is 2.07 bits per heavy atom. The predicted molar refractivity (Wildman–Crippen MR) is 51.8 cm³/mol. The van der Waals surface area contributed by atoms with Crippen LogP contribution in [0.1, 0.15) is 6.92 Å². The second kappa shape index (κ2) is 6.01. The van der Waals surface area contributed by atoms with Crippen LogP contribution in [-0.4, -0.2) is 48.9 Å². The fourth-order valence-corrected chi connectivity index (χ4v) is 1.45. The molecular formula is C7H15N2O5S-. The van der Waals surface area contributed by atoms with Gasteiger partial charge in [-0.25, -0.2) is 8.42 Å². The van der Waals surface area contributed by atoms with Gasteiger partial charge in [0.15, 0.2) is 0 Å². The molecule has 0 aromatic carbocycles. The zero-order valence-electron chi connectivity index (χ0n) is 8.34. The first-order chi connectivity index (χ1) is 6.72. The third-order valence-electron chi connectivity index (χ3n) is 1.71. The summed E-state index contributed by atoms with van der Waals surface area (Å²) in [5.74, 6) is -1.75. The van der Waals surface area contributed by atoms with Gasteiger partial charge in [0.1, 0.15) is 0 Å². The van der Waals surface area contributed by atoms with Gasteiger partial charge >= 0.3 is 0 Å². The zero-order valence-corrected chi connectivity index (χ0v) is 9.16. The van der Waals surface area contributed by atoms with Crippen LogP contribution >= 0.6 is 0 Å². The molecule has 0 fully saturated rings. The van der Waals surface area contributed by atoms with Crippen molar-refractivity contribution in [3.8, 4) is 0 Å². The molecule has 7 nitrogen and oxygen atoms in total. The number of nitrogens with one attached hydrogen (secondary N) is 1. The summed E-state index contributed by atoms with van der Waals surface area (Å²) in [6.07, 6.45) is -1.27. The van der Waals surface area contributed by atoms with Crippen molar-refractivity contribution in [1.82, 2.24) is 5.32 Å². The lowest BCUT2D eigenvalue weighted by Crippen LogP contribution is -2.37. The van der Waals surface area contributed by atoms with Crippen LogP contribution < -0.4 is 11.1 Å². The lowest BCUT2D eigenvalue weighted by atomic mass is 10.2. The van der Waals surface area contributed by atoms with Crippen LogP contribution in [0.5, 0.6) is 0 Å². The van der Waals surface area contributed by atoms with Gasteiger partial charge in [0.05, 0.1) is 22.0 Å². The van der Waals surface area contributed by atoms with Crippen molar-refractivity contribution in [3.63, 3.8) is 0 Å². The fourth-order valence-electron chi connectivity index (χ4n) is 0.862. The van der Waals surface area contributed by atoms with E-state index in [1.807, 2.05) is 0 Å². The molecule has 2 atom stereocenters. The van der Waals surface area contributed by atoms with Gasteiger partial charge in [0.25, 0.3) is 0 Å². The largest absolute Gasteiger partial charge is 0.748 e. The molecule has 90 valence electrons. The standard InChI is InChI=1S/C7H16N2O5S/c1-5(7(8)11)2-9-3-6(10)4-15(12,13)14/h5-6,9-10H,2-4H2,1H3,(H2,8,11)(H,12,13,14)/p-1. The summed E-state index contributed by atoms with van der Waals surface area (Å²) >= 11 is 0. The van der Waals surface area contributed by atoms with Gasteiger partial charge < -0.3 is 20.7 Å². The van der Waals surface area contributed by atoms with E-state index in [0.717, 1.165) is 0 Å². The normalized spacial score (nSPS) is 15.9. The van der Waals surface area contributed by atoms with Crippen LogP contribution in [0.3, 0.4) is 0 Å². The topological polar surface area (TPSA) is 133 Å². The van der Waals surface area contributed by atoms with Gasteiger partial charge in [0.2, 0.25) is 5.91 Å². The molecule has 0 aliphatic heterocycles. The monoisotopic (exact) mass is 239 g/mol.